The van der Waals surface area contributed by atoms with Crippen molar-refractivity contribution in [3.63, 3.8) is 0 Å². The van der Waals surface area contributed by atoms with Crippen molar-refractivity contribution in [1.29, 1.82) is 0 Å². The third-order valence-corrected chi connectivity index (χ3v) is 4.65. The molecular formula is C15H20O4S. The maximum absolute atomic E-state index is 11.2. The summed E-state index contributed by atoms with van der Waals surface area (Å²) in [4.78, 5) is 11.2. The molecular weight excluding hydrogens is 276 g/mol. The van der Waals surface area contributed by atoms with Gasteiger partial charge in [0.1, 0.15) is 6.10 Å². The number of thioether (sulfide) groups is 1. The first kappa shape index (κ1) is 15.0. The number of ether oxygens (including phenoxy) is 2. The van der Waals surface area contributed by atoms with Gasteiger partial charge in [0, 0.05) is 11.3 Å². The van der Waals surface area contributed by atoms with Gasteiger partial charge in [-0.25, -0.2) is 0 Å². The number of methoxy groups -OCH3 is 1. The number of rotatable bonds is 5. The quantitative estimate of drug-likeness (QED) is 0.904. The molecule has 4 nitrogen and oxygen atoms in total. The van der Waals surface area contributed by atoms with Crippen LogP contribution in [0.1, 0.15) is 31.2 Å². The van der Waals surface area contributed by atoms with E-state index >= 15 is 0 Å². The number of para-hydroxylation sites is 1. The fourth-order valence-electron chi connectivity index (χ4n) is 2.26. The molecule has 0 aromatic heterocycles. The molecule has 1 aliphatic rings. The Balaban J connectivity index is 2.29. The summed E-state index contributed by atoms with van der Waals surface area (Å²) in [7, 11) is 1.58. The van der Waals surface area contributed by atoms with E-state index < -0.39 is 11.9 Å². The van der Waals surface area contributed by atoms with Gasteiger partial charge in [0.15, 0.2) is 11.5 Å². The Morgan fingerprint density at radius 2 is 2.30 bits per heavy atom. The van der Waals surface area contributed by atoms with Crippen LogP contribution in [0, 0.1) is 0 Å². The Bertz CT molecular complexity index is 469. The lowest BCUT2D eigenvalue weighted by Crippen LogP contribution is -2.24. The fraction of sp³-hybridized carbons (Fsp3) is 0.533. The zero-order valence-electron chi connectivity index (χ0n) is 11.8. The summed E-state index contributed by atoms with van der Waals surface area (Å²) in [6.07, 6.45) is 2.27. The number of carboxylic acid groups (broad SMARTS) is 1. The summed E-state index contributed by atoms with van der Waals surface area (Å²) in [5.74, 6) is 1.82. The van der Waals surface area contributed by atoms with Gasteiger partial charge in [-0.05, 0) is 31.6 Å². The van der Waals surface area contributed by atoms with Gasteiger partial charge in [-0.3, -0.25) is 4.79 Å². The second-order valence-electron chi connectivity index (χ2n) is 4.90. The number of carbonyl (C=O) groups is 1. The van der Waals surface area contributed by atoms with Gasteiger partial charge in [-0.1, -0.05) is 12.1 Å². The highest BCUT2D eigenvalue weighted by atomic mass is 32.2. The minimum atomic E-state index is -0.860. The largest absolute Gasteiger partial charge is 0.493 e. The van der Waals surface area contributed by atoms with Gasteiger partial charge in [0.05, 0.1) is 13.0 Å². The number of benzene rings is 1. The Labute approximate surface area is 123 Å². The van der Waals surface area contributed by atoms with Gasteiger partial charge in [-0.15, -0.1) is 0 Å². The maximum Gasteiger partial charge on any atom is 0.310 e. The Morgan fingerprint density at radius 1 is 1.50 bits per heavy atom. The van der Waals surface area contributed by atoms with E-state index in [-0.39, 0.29) is 6.10 Å². The molecule has 2 rings (SSSR count). The van der Waals surface area contributed by atoms with Gasteiger partial charge >= 0.3 is 5.97 Å². The molecule has 5 heteroatoms. The van der Waals surface area contributed by atoms with E-state index in [2.05, 4.69) is 0 Å². The van der Waals surface area contributed by atoms with Crippen molar-refractivity contribution in [2.24, 2.45) is 0 Å². The van der Waals surface area contributed by atoms with Crippen molar-refractivity contribution >= 4 is 17.7 Å². The van der Waals surface area contributed by atoms with Crippen LogP contribution in [0.3, 0.4) is 0 Å². The van der Waals surface area contributed by atoms with Crippen LogP contribution in [-0.4, -0.2) is 35.8 Å². The highest BCUT2D eigenvalue weighted by Crippen LogP contribution is 2.37. The van der Waals surface area contributed by atoms with Crippen LogP contribution in [-0.2, 0) is 4.79 Å². The molecule has 1 aromatic carbocycles. The number of carboxylic acids is 1. The second-order valence-corrected chi connectivity index (χ2v) is 6.05. The minimum absolute atomic E-state index is 0.129. The first-order chi connectivity index (χ1) is 9.63. The summed E-state index contributed by atoms with van der Waals surface area (Å²) < 4.78 is 11.4. The van der Waals surface area contributed by atoms with Crippen LogP contribution in [0.25, 0.3) is 0 Å². The molecule has 2 atom stereocenters. The molecule has 2 unspecified atom stereocenters. The van der Waals surface area contributed by atoms with Crippen molar-refractivity contribution in [3.05, 3.63) is 23.8 Å². The predicted molar refractivity (Wildman–Crippen MR) is 80.0 cm³/mol. The molecule has 1 aromatic rings. The predicted octanol–water partition coefficient (Wildman–Crippen LogP) is 3.16. The van der Waals surface area contributed by atoms with E-state index in [1.54, 1.807) is 26.2 Å². The molecule has 0 bridgehead atoms. The molecule has 0 radical (unpaired) electrons. The third-order valence-electron chi connectivity index (χ3n) is 3.47. The third kappa shape index (κ3) is 3.39. The summed E-state index contributed by atoms with van der Waals surface area (Å²) in [6, 6.07) is 5.41. The van der Waals surface area contributed by atoms with Crippen LogP contribution in [0.2, 0.25) is 0 Å². The normalized spacial score (nSPS) is 20.2. The van der Waals surface area contributed by atoms with Crippen LogP contribution in [0.4, 0.5) is 0 Å². The number of hydrogen-bond donors (Lipinski definition) is 1. The molecule has 1 aliphatic heterocycles. The number of aliphatic carboxylic acids is 1. The topological polar surface area (TPSA) is 55.8 Å². The summed E-state index contributed by atoms with van der Waals surface area (Å²) >= 11 is 1.87. The number of hydrogen-bond acceptors (Lipinski definition) is 4. The first-order valence-electron chi connectivity index (χ1n) is 6.77. The Morgan fingerprint density at radius 3 is 2.90 bits per heavy atom. The second kappa shape index (κ2) is 6.88. The molecule has 110 valence electrons. The van der Waals surface area contributed by atoms with Crippen LogP contribution in [0.5, 0.6) is 11.5 Å². The molecule has 20 heavy (non-hydrogen) atoms. The van der Waals surface area contributed by atoms with E-state index in [0.717, 1.165) is 18.6 Å². The fourth-order valence-corrected chi connectivity index (χ4v) is 3.30. The zero-order valence-corrected chi connectivity index (χ0v) is 12.6. The molecule has 0 aliphatic carbocycles. The highest BCUT2D eigenvalue weighted by Gasteiger charge is 2.24. The summed E-state index contributed by atoms with van der Waals surface area (Å²) in [5, 5.41) is 9.23. The van der Waals surface area contributed by atoms with Gasteiger partial charge in [0.25, 0.3) is 0 Å². The van der Waals surface area contributed by atoms with Gasteiger partial charge in [0.2, 0.25) is 0 Å². The molecule has 0 spiro atoms. The summed E-state index contributed by atoms with van der Waals surface area (Å²) in [6.45, 7) is 1.67. The molecule has 0 saturated carbocycles. The molecule has 1 heterocycles. The first-order valence-corrected chi connectivity index (χ1v) is 7.93. The summed E-state index contributed by atoms with van der Waals surface area (Å²) in [5.41, 5.74) is 0.674. The zero-order chi connectivity index (χ0) is 14.5. The van der Waals surface area contributed by atoms with E-state index in [4.69, 9.17) is 9.47 Å². The lowest BCUT2D eigenvalue weighted by Gasteiger charge is -2.26. The minimum Gasteiger partial charge on any atom is -0.493 e. The average molecular weight is 296 g/mol. The van der Waals surface area contributed by atoms with Crippen molar-refractivity contribution in [2.45, 2.75) is 31.8 Å². The van der Waals surface area contributed by atoms with E-state index in [1.165, 1.54) is 5.75 Å². The van der Waals surface area contributed by atoms with E-state index in [0.29, 0.717) is 17.1 Å². The molecule has 0 amide bonds. The lowest BCUT2D eigenvalue weighted by atomic mass is 9.99. The van der Waals surface area contributed by atoms with Crippen molar-refractivity contribution in [2.75, 3.05) is 18.6 Å². The van der Waals surface area contributed by atoms with E-state index in [9.17, 15) is 9.90 Å². The standard InChI is InChI=1S/C15H20O4S/c1-10(15(16)17)12-6-3-7-13(18-2)14(12)19-11-5-4-8-20-9-11/h3,6-7,10-11H,4-5,8-9H2,1-2H3,(H,16,17). The lowest BCUT2D eigenvalue weighted by molar-refractivity contribution is -0.138. The van der Waals surface area contributed by atoms with E-state index in [1.807, 2.05) is 17.8 Å². The van der Waals surface area contributed by atoms with Crippen molar-refractivity contribution < 1.29 is 19.4 Å². The average Bonchev–Trinajstić information content (AvgIpc) is 2.47. The van der Waals surface area contributed by atoms with Crippen LogP contribution in [0.15, 0.2) is 18.2 Å². The van der Waals surface area contributed by atoms with Crippen LogP contribution >= 0.6 is 11.8 Å². The van der Waals surface area contributed by atoms with Crippen molar-refractivity contribution in [3.8, 4) is 11.5 Å². The SMILES string of the molecule is COc1cccc(C(C)C(=O)O)c1OC1CCCSC1. The molecule has 1 saturated heterocycles. The van der Waals surface area contributed by atoms with Crippen LogP contribution < -0.4 is 9.47 Å². The smallest absolute Gasteiger partial charge is 0.310 e. The monoisotopic (exact) mass is 296 g/mol. The highest BCUT2D eigenvalue weighted by molar-refractivity contribution is 7.99. The Kier molecular flexibility index (Phi) is 5.17. The molecule has 1 fully saturated rings. The molecule has 1 N–H and O–H groups in total. The maximum atomic E-state index is 11.2. The van der Waals surface area contributed by atoms with Gasteiger partial charge < -0.3 is 14.6 Å². The van der Waals surface area contributed by atoms with Crippen molar-refractivity contribution in [1.82, 2.24) is 0 Å². The van der Waals surface area contributed by atoms with Gasteiger partial charge in [-0.2, -0.15) is 11.8 Å². The Hall–Kier alpha value is -1.36.